The Bertz CT molecular complexity index is 1360. The lowest BCUT2D eigenvalue weighted by Gasteiger charge is -2.15. The van der Waals surface area contributed by atoms with Gasteiger partial charge in [0, 0.05) is 24.3 Å². The molecule has 3 aromatic rings. The Balaban J connectivity index is 1.31. The third kappa shape index (κ3) is 6.12. The van der Waals surface area contributed by atoms with Gasteiger partial charge in [-0.25, -0.2) is 8.42 Å². The van der Waals surface area contributed by atoms with Gasteiger partial charge in [-0.2, -0.15) is 4.31 Å². The van der Waals surface area contributed by atoms with Crippen LogP contribution in [-0.2, 0) is 14.8 Å². The molecule has 0 radical (unpaired) electrons. The predicted octanol–water partition coefficient (Wildman–Crippen LogP) is 4.23. The van der Waals surface area contributed by atoms with Crippen LogP contribution in [0.2, 0.25) is 0 Å². The maximum absolute atomic E-state index is 12.6. The van der Waals surface area contributed by atoms with Crippen LogP contribution in [0.1, 0.15) is 39.9 Å². The Morgan fingerprint density at radius 1 is 1.00 bits per heavy atom. The van der Waals surface area contributed by atoms with Crippen LogP contribution < -0.4 is 10.6 Å². The van der Waals surface area contributed by atoms with Gasteiger partial charge in [0.2, 0.25) is 21.1 Å². The summed E-state index contributed by atoms with van der Waals surface area (Å²) >= 11 is 2.40. The van der Waals surface area contributed by atoms with Crippen LogP contribution in [0.25, 0.3) is 0 Å². The van der Waals surface area contributed by atoms with Gasteiger partial charge in [-0.3, -0.25) is 14.9 Å². The van der Waals surface area contributed by atoms with Gasteiger partial charge in [-0.05, 0) is 69.0 Å². The quantitative estimate of drug-likeness (QED) is 0.321. The summed E-state index contributed by atoms with van der Waals surface area (Å²) in [6, 6.07) is 9.90. The van der Waals surface area contributed by atoms with Gasteiger partial charge in [0.15, 0.2) is 4.34 Å². The molecular weight excluding hydrogens is 518 g/mol. The fourth-order valence-corrected chi connectivity index (χ4v) is 7.09. The summed E-state index contributed by atoms with van der Waals surface area (Å²) in [7, 11) is -3.53. The molecule has 2 amide bonds. The fraction of sp³-hybridized carbons (Fsp3) is 0.333. The van der Waals surface area contributed by atoms with Gasteiger partial charge >= 0.3 is 0 Å². The molecule has 0 bridgehead atoms. The third-order valence-electron chi connectivity index (χ3n) is 5.71. The number of nitrogens with one attached hydrogen (secondary N) is 2. The molecule has 12 heteroatoms. The number of hydrogen-bond donors (Lipinski definition) is 2. The lowest BCUT2D eigenvalue weighted by atomic mass is 10.1. The zero-order valence-corrected chi connectivity index (χ0v) is 22.6. The Hall–Kier alpha value is -2.80. The molecule has 190 valence electrons. The Morgan fingerprint density at radius 2 is 1.64 bits per heavy atom. The van der Waals surface area contributed by atoms with Crippen LogP contribution in [0.5, 0.6) is 0 Å². The average molecular weight is 546 g/mol. The number of aromatic nitrogens is 2. The van der Waals surface area contributed by atoms with E-state index >= 15 is 0 Å². The third-order valence-corrected chi connectivity index (χ3v) is 9.60. The van der Waals surface area contributed by atoms with Crippen LogP contribution in [-0.4, -0.2) is 53.6 Å². The minimum atomic E-state index is -3.53. The van der Waals surface area contributed by atoms with Crippen LogP contribution in [0, 0.1) is 20.8 Å². The van der Waals surface area contributed by atoms with E-state index in [1.165, 1.54) is 40.3 Å². The first-order valence-corrected chi connectivity index (χ1v) is 14.6. The number of rotatable bonds is 8. The molecule has 0 saturated carbocycles. The molecule has 2 N–H and O–H groups in total. The van der Waals surface area contributed by atoms with E-state index in [1.807, 2.05) is 32.9 Å². The molecule has 1 aliphatic heterocycles. The van der Waals surface area contributed by atoms with Crippen molar-refractivity contribution in [3.8, 4) is 0 Å². The van der Waals surface area contributed by atoms with Crippen molar-refractivity contribution in [3.63, 3.8) is 0 Å². The van der Waals surface area contributed by atoms with Gasteiger partial charge in [0.1, 0.15) is 0 Å². The summed E-state index contributed by atoms with van der Waals surface area (Å²) in [6.45, 7) is 6.98. The van der Waals surface area contributed by atoms with Crippen molar-refractivity contribution in [2.45, 2.75) is 42.8 Å². The van der Waals surface area contributed by atoms with E-state index in [-0.39, 0.29) is 16.6 Å². The van der Waals surface area contributed by atoms with Gasteiger partial charge in [-0.1, -0.05) is 40.8 Å². The lowest BCUT2D eigenvalue weighted by Crippen LogP contribution is -2.27. The normalized spacial score (nSPS) is 14.1. The topological polar surface area (TPSA) is 121 Å². The van der Waals surface area contributed by atoms with E-state index < -0.39 is 15.9 Å². The number of aryl methyl sites for hydroxylation is 3. The monoisotopic (exact) mass is 545 g/mol. The smallest absolute Gasteiger partial charge is 0.257 e. The lowest BCUT2D eigenvalue weighted by molar-refractivity contribution is -0.113. The highest BCUT2D eigenvalue weighted by molar-refractivity contribution is 8.01. The SMILES string of the molecule is Cc1cc(C)c(NC(=O)CSc2nnc(NC(=O)c3ccc(S(=O)(=O)N4CCCC4)cc3)s2)c(C)c1. The molecule has 36 heavy (non-hydrogen) atoms. The Labute approximate surface area is 218 Å². The van der Waals surface area contributed by atoms with Gasteiger partial charge < -0.3 is 5.32 Å². The highest BCUT2D eigenvalue weighted by atomic mass is 32.2. The minimum Gasteiger partial charge on any atom is -0.325 e. The molecule has 9 nitrogen and oxygen atoms in total. The molecule has 1 saturated heterocycles. The van der Waals surface area contributed by atoms with Crippen molar-refractivity contribution in [2.24, 2.45) is 0 Å². The van der Waals surface area contributed by atoms with Crippen molar-refractivity contribution in [1.82, 2.24) is 14.5 Å². The number of carbonyl (C=O) groups is 2. The van der Waals surface area contributed by atoms with Crippen LogP contribution in [0.4, 0.5) is 10.8 Å². The molecule has 0 atom stereocenters. The number of carbonyl (C=O) groups excluding carboxylic acids is 2. The second-order valence-electron chi connectivity index (χ2n) is 8.57. The molecule has 1 aromatic heterocycles. The summed E-state index contributed by atoms with van der Waals surface area (Å²) < 4.78 is 27.3. The van der Waals surface area contributed by atoms with Crippen LogP contribution in [0.3, 0.4) is 0 Å². The van der Waals surface area contributed by atoms with Crippen molar-refractivity contribution >= 4 is 55.8 Å². The van der Waals surface area contributed by atoms with Crippen LogP contribution >= 0.6 is 23.1 Å². The number of anilines is 2. The summed E-state index contributed by atoms with van der Waals surface area (Å²) in [5, 5.41) is 13.9. The number of thioether (sulfide) groups is 1. The first-order chi connectivity index (χ1) is 17.1. The molecule has 2 aromatic carbocycles. The van der Waals surface area contributed by atoms with E-state index in [9.17, 15) is 18.0 Å². The summed E-state index contributed by atoms with van der Waals surface area (Å²) in [6.07, 6.45) is 1.72. The molecule has 2 heterocycles. The first kappa shape index (κ1) is 26.3. The largest absolute Gasteiger partial charge is 0.325 e. The van der Waals surface area contributed by atoms with Gasteiger partial charge in [0.25, 0.3) is 5.91 Å². The number of hydrogen-bond acceptors (Lipinski definition) is 8. The van der Waals surface area contributed by atoms with E-state index in [0.717, 1.165) is 46.6 Å². The van der Waals surface area contributed by atoms with E-state index in [1.54, 1.807) is 0 Å². The highest BCUT2D eigenvalue weighted by Crippen LogP contribution is 2.27. The van der Waals surface area contributed by atoms with E-state index in [4.69, 9.17) is 0 Å². The average Bonchev–Trinajstić information content (AvgIpc) is 3.53. The minimum absolute atomic E-state index is 0.153. The second-order valence-corrected chi connectivity index (χ2v) is 12.7. The standard InChI is InChI=1S/C24H27N5O4S3/c1-15-12-16(2)21(17(3)13-15)25-20(30)14-34-24-28-27-23(35-24)26-22(31)18-6-8-19(9-7-18)36(32,33)29-10-4-5-11-29/h6-9,12-13H,4-5,10-11,14H2,1-3H3,(H,25,30)(H,26,27,31). The number of amides is 2. The molecule has 1 fully saturated rings. The maximum Gasteiger partial charge on any atom is 0.257 e. The summed E-state index contributed by atoms with van der Waals surface area (Å²) in [5.74, 6) is -0.418. The van der Waals surface area contributed by atoms with Crippen LogP contribution in [0.15, 0.2) is 45.6 Å². The summed E-state index contributed by atoms with van der Waals surface area (Å²) in [5.41, 5.74) is 4.28. The zero-order chi connectivity index (χ0) is 25.9. The van der Waals surface area contributed by atoms with E-state index in [2.05, 4.69) is 20.8 Å². The maximum atomic E-state index is 12.6. The zero-order valence-electron chi connectivity index (χ0n) is 20.2. The molecule has 0 unspecified atom stereocenters. The highest BCUT2D eigenvalue weighted by Gasteiger charge is 2.27. The van der Waals surface area contributed by atoms with Gasteiger partial charge in [-0.15, -0.1) is 10.2 Å². The van der Waals surface area contributed by atoms with Crippen molar-refractivity contribution < 1.29 is 18.0 Å². The number of sulfonamides is 1. The molecule has 1 aliphatic rings. The van der Waals surface area contributed by atoms with E-state index in [0.29, 0.717) is 28.1 Å². The molecule has 0 spiro atoms. The molecule has 0 aliphatic carbocycles. The number of benzene rings is 2. The Kier molecular flexibility index (Phi) is 8.08. The van der Waals surface area contributed by atoms with Crippen molar-refractivity contribution in [2.75, 3.05) is 29.5 Å². The van der Waals surface area contributed by atoms with Crippen molar-refractivity contribution in [1.29, 1.82) is 0 Å². The fourth-order valence-electron chi connectivity index (χ4n) is 4.02. The van der Waals surface area contributed by atoms with Gasteiger partial charge in [0.05, 0.1) is 10.6 Å². The first-order valence-electron chi connectivity index (χ1n) is 11.4. The number of nitrogens with zero attached hydrogens (tertiary/aromatic N) is 3. The molecular formula is C24H27N5O4S3. The Morgan fingerprint density at radius 3 is 2.28 bits per heavy atom. The second kappa shape index (κ2) is 11.1. The molecule has 4 rings (SSSR count). The summed E-state index contributed by atoms with van der Waals surface area (Å²) in [4.78, 5) is 25.2. The van der Waals surface area contributed by atoms with Crippen molar-refractivity contribution in [3.05, 3.63) is 58.7 Å². The predicted molar refractivity (Wildman–Crippen MR) is 142 cm³/mol.